The zero-order chi connectivity index (χ0) is 16.2. The number of amides is 1. The van der Waals surface area contributed by atoms with Crippen LogP contribution in [0.25, 0.3) is 0 Å². The molecule has 0 aromatic heterocycles. The fourth-order valence-electron chi connectivity index (χ4n) is 1.45. The summed E-state index contributed by atoms with van der Waals surface area (Å²) in [5, 5.41) is 6.98. The predicted octanol–water partition coefficient (Wildman–Crippen LogP) is 0.111. The summed E-state index contributed by atoms with van der Waals surface area (Å²) >= 11 is 0. The molecule has 1 atom stereocenters. The molecule has 10 heteroatoms. The normalized spacial score (nSPS) is 13.0. The Balaban J connectivity index is 3.00. The van der Waals surface area contributed by atoms with Crippen LogP contribution in [-0.2, 0) is 20.8 Å². The highest BCUT2D eigenvalue weighted by Gasteiger charge is 2.23. The monoisotopic (exact) mass is 340 g/mol. The van der Waals surface area contributed by atoms with Gasteiger partial charge in [-0.15, -0.1) is 0 Å². The first kappa shape index (κ1) is 17.7. The molecule has 0 bridgehead atoms. The van der Waals surface area contributed by atoms with Crippen LogP contribution < -0.4 is 10.5 Å². The van der Waals surface area contributed by atoms with Gasteiger partial charge in [-0.25, -0.2) is 22.3 Å². The lowest BCUT2D eigenvalue weighted by atomic mass is 10.2. The third-order valence-corrected chi connectivity index (χ3v) is 4.71. The second-order valence-corrected chi connectivity index (χ2v) is 7.39. The van der Waals surface area contributed by atoms with Crippen molar-refractivity contribution in [1.29, 1.82) is 0 Å². The summed E-state index contributed by atoms with van der Waals surface area (Å²) in [5.74, 6) is -2.98. The summed E-state index contributed by atoms with van der Waals surface area (Å²) in [5.41, 5.74) is -0.777. The van der Waals surface area contributed by atoms with Gasteiger partial charge in [0.1, 0.15) is 10.7 Å². The van der Waals surface area contributed by atoms with E-state index >= 15 is 0 Å². The Morgan fingerprint density at radius 2 is 2.00 bits per heavy atom. The van der Waals surface area contributed by atoms with Gasteiger partial charge in [0, 0.05) is 28.9 Å². The van der Waals surface area contributed by atoms with Crippen LogP contribution >= 0.6 is 0 Å². The molecule has 21 heavy (non-hydrogen) atoms. The third kappa shape index (κ3) is 4.83. The second-order valence-electron chi connectivity index (χ2n) is 4.00. The van der Waals surface area contributed by atoms with Gasteiger partial charge in [-0.05, 0) is 12.1 Å². The Bertz CT molecular complexity index is 677. The molecule has 0 saturated carbocycles. The molecular formula is C11H14F2N2O4S2. The van der Waals surface area contributed by atoms with Crippen molar-refractivity contribution in [2.45, 2.75) is 11.8 Å². The summed E-state index contributed by atoms with van der Waals surface area (Å²) in [6.07, 6.45) is 0. The molecule has 1 rings (SSSR count). The number of primary sulfonamides is 1. The minimum atomic E-state index is -4.49. The van der Waals surface area contributed by atoms with Crippen molar-refractivity contribution in [2.75, 3.05) is 18.1 Å². The van der Waals surface area contributed by atoms with E-state index in [0.29, 0.717) is 17.9 Å². The van der Waals surface area contributed by atoms with E-state index < -0.39 is 48.8 Å². The minimum Gasteiger partial charge on any atom is -0.351 e. The fourth-order valence-corrected chi connectivity index (χ4v) is 2.71. The molecule has 1 aromatic carbocycles. The largest absolute Gasteiger partial charge is 0.351 e. The van der Waals surface area contributed by atoms with Gasteiger partial charge in [-0.1, -0.05) is 6.92 Å². The Labute approximate surface area is 123 Å². The van der Waals surface area contributed by atoms with Gasteiger partial charge in [0.15, 0.2) is 5.82 Å². The van der Waals surface area contributed by atoms with Crippen LogP contribution in [0.15, 0.2) is 17.0 Å². The molecular weight excluding hydrogens is 326 g/mol. The number of benzene rings is 1. The standard InChI is InChI=1S/C11H14F2N2O4S2/c1-2-20(17)4-3-15-11(16)8-5-7(12)6-9(10(8)13)21(14,18)19/h5-6H,2-4H2,1H3,(H,15,16)(H2,14,18,19). The maximum Gasteiger partial charge on any atom is 0.254 e. The van der Waals surface area contributed by atoms with E-state index in [0.717, 1.165) is 0 Å². The SMILES string of the molecule is CCS(=O)CCNC(=O)c1cc(F)cc(S(N)(=O)=O)c1F. The first-order valence-electron chi connectivity index (χ1n) is 5.81. The van der Waals surface area contributed by atoms with Crippen LogP contribution in [0.2, 0.25) is 0 Å². The molecule has 3 N–H and O–H groups in total. The van der Waals surface area contributed by atoms with Crippen LogP contribution in [0.1, 0.15) is 17.3 Å². The van der Waals surface area contributed by atoms with Gasteiger partial charge in [0.25, 0.3) is 5.91 Å². The lowest BCUT2D eigenvalue weighted by Gasteiger charge is -2.08. The van der Waals surface area contributed by atoms with Crippen molar-refractivity contribution in [1.82, 2.24) is 5.32 Å². The molecule has 1 unspecified atom stereocenters. The van der Waals surface area contributed by atoms with E-state index in [9.17, 15) is 26.2 Å². The molecule has 0 spiro atoms. The average Bonchev–Trinajstić information content (AvgIpc) is 2.39. The number of nitrogens with one attached hydrogen (secondary N) is 1. The summed E-state index contributed by atoms with van der Waals surface area (Å²) in [4.78, 5) is 10.6. The van der Waals surface area contributed by atoms with Crippen molar-refractivity contribution in [3.8, 4) is 0 Å². The van der Waals surface area contributed by atoms with Crippen LogP contribution in [0.5, 0.6) is 0 Å². The maximum absolute atomic E-state index is 13.9. The number of rotatable bonds is 6. The number of carbonyl (C=O) groups excluding carboxylic acids is 1. The third-order valence-electron chi connectivity index (χ3n) is 2.49. The van der Waals surface area contributed by atoms with E-state index in [-0.39, 0.29) is 12.3 Å². The Morgan fingerprint density at radius 1 is 1.38 bits per heavy atom. The van der Waals surface area contributed by atoms with Gasteiger partial charge in [-0.3, -0.25) is 9.00 Å². The molecule has 0 heterocycles. The van der Waals surface area contributed by atoms with E-state index in [2.05, 4.69) is 5.32 Å². The van der Waals surface area contributed by atoms with Gasteiger partial charge < -0.3 is 5.32 Å². The Kier molecular flexibility index (Phi) is 5.93. The molecule has 0 aliphatic rings. The first-order chi connectivity index (χ1) is 9.66. The summed E-state index contributed by atoms with van der Waals surface area (Å²) < 4.78 is 60.6. The Morgan fingerprint density at radius 3 is 2.52 bits per heavy atom. The van der Waals surface area contributed by atoms with Crippen LogP contribution in [0.4, 0.5) is 8.78 Å². The van der Waals surface area contributed by atoms with Crippen molar-refractivity contribution in [3.63, 3.8) is 0 Å². The topological polar surface area (TPSA) is 106 Å². The Hall–Kier alpha value is -1.39. The van der Waals surface area contributed by atoms with E-state index in [1.54, 1.807) is 6.92 Å². The molecule has 1 aromatic rings. The van der Waals surface area contributed by atoms with Gasteiger partial charge in [0.05, 0.1) is 5.56 Å². The van der Waals surface area contributed by atoms with Crippen LogP contribution in [-0.4, -0.2) is 36.6 Å². The second kappa shape index (κ2) is 7.05. The summed E-state index contributed by atoms with van der Waals surface area (Å²) in [6.45, 7) is 1.68. The molecule has 0 saturated heterocycles. The minimum absolute atomic E-state index is 0.0139. The number of hydrogen-bond acceptors (Lipinski definition) is 4. The maximum atomic E-state index is 13.9. The number of sulfonamides is 1. The van der Waals surface area contributed by atoms with E-state index in [1.165, 1.54) is 0 Å². The lowest BCUT2D eigenvalue weighted by molar-refractivity contribution is 0.0951. The number of carbonyl (C=O) groups is 1. The molecule has 6 nitrogen and oxygen atoms in total. The van der Waals surface area contributed by atoms with Gasteiger partial charge in [0.2, 0.25) is 10.0 Å². The van der Waals surface area contributed by atoms with Crippen molar-refractivity contribution in [2.24, 2.45) is 5.14 Å². The van der Waals surface area contributed by atoms with E-state index in [4.69, 9.17) is 5.14 Å². The average molecular weight is 340 g/mol. The summed E-state index contributed by atoms with van der Waals surface area (Å²) in [6, 6.07) is 0.962. The van der Waals surface area contributed by atoms with E-state index in [1.807, 2.05) is 0 Å². The molecule has 0 aliphatic heterocycles. The molecule has 0 fully saturated rings. The zero-order valence-electron chi connectivity index (χ0n) is 11.1. The van der Waals surface area contributed by atoms with Gasteiger partial charge in [-0.2, -0.15) is 0 Å². The number of nitrogens with two attached hydrogens (primary N) is 1. The summed E-state index contributed by atoms with van der Waals surface area (Å²) in [7, 11) is -5.62. The smallest absolute Gasteiger partial charge is 0.254 e. The lowest BCUT2D eigenvalue weighted by Crippen LogP contribution is -2.29. The van der Waals surface area contributed by atoms with Crippen molar-refractivity contribution < 1.29 is 26.2 Å². The zero-order valence-corrected chi connectivity index (χ0v) is 12.7. The number of hydrogen-bond donors (Lipinski definition) is 2. The van der Waals surface area contributed by atoms with Crippen molar-refractivity contribution >= 4 is 26.7 Å². The quantitative estimate of drug-likeness (QED) is 0.766. The fraction of sp³-hybridized carbons (Fsp3) is 0.364. The van der Waals surface area contributed by atoms with Crippen LogP contribution in [0, 0.1) is 11.6 Å². The van der Waals surface area contributed by atoms with Crippen molar-refractivity contribution in [3.05, 3.63) is 29.3 Å². The highest BCUT2D eigenvalue weighted by atomic mass is 32.2. The van der Waals surface area contributed by atoms with Crippen LogP contribution in [0.3, 0.4) is 0 Å². The molecule has 0 radical (unpaired) electrons. The first-order valence-corrected chi connectivity index (χ1v) is 8.85. The molecule has 1 amide bonds. The molecule has 118 valence electrons. The predicted molar refractivity (Wildman–Crippen MR) is 73.6 cm³/mol. The number of halogens is 2. The highest BCUT2D eigenvalue weighted by molar-refractivity contribution is 7.89. The van der Waals surface area contributed by atoms with Gasteiger partial charge >= 0.3 is 0 Å². The highest BCUT2D eigenvalue weighted by Crippen LogP contribution is 2.19. The molecule has 0 aliphatic carbocycles.